The van der Waals surface area contributed by atoms with Gasteiger partial charge >= 0.3 is 11.9 Å². The van der Waals surface area contributed by atoms with Gasteiger partial charge in [-0.25, -0.2) is 14.8 Å². The molecule has 11 heteroatoms. The molecule has 0 amide bonds. The van der Waals surface area contributed by atoms with E-state index in [0.29, 0.717) is 35.4 Å². The number of carbonyl (C=O) groups is 1. The summed E-state index contributed by atoms with van der Waals surface area (Å²) in [4.78, 5) is 40.4. The van der Waals surface area contributed by atoms with Crippen molar-refractivity contribution in [3.63, 3.8) is 0 Å². The molecule has 1 N–H and O–H groups in total. The van der Waals surface area contributed by atoms with Crippen LogP contribution in [0.25, 0.3) is 22.8 Å². The zero-order valence-corrected chi connectivity index (χ0v) is 22.5. The number of ketones is 1. The van der Waals surface area contributed by atoms with E-state index in [1.165, 1.54) is 6.20 Å². The number of aromatic amines is 1. The molecule has 0 radical (unpaired) electrons. The smallest absolute Gasteiger partial charge is 0.401 e. The van der Waals surface area contributed by atoms with Gasteiger partial charge in [-0.3, -0.25) is 9.78 Å². The minimum atomic E-state index is -4.56. The summed E-state index contributed by atoms with van der Waals surface area (Å²) in [6, 6.07) is 8.21. The van der Waals surface area contributed by atoms with Gasteiger partial charge in [0.2, 0.25) is 5.88 Å². The van der Waals surface area contributed by atoms with E-state index in [2.05, 4.69) is 26.9 Å². The molecule has 208 valence electrons. The van der Waals surface area contributed by atoms with Crippen LogP contribution in [0.5, 0.6) is 5.88 Å². The maximum Gasteiger partial charge on any atom is 0.401 e. The lowest BCUT2D eigenvalue weighted by Gasteiger charge is -2.30. The fraction of sp³-hybridized carbons (Fsp3) is 0.464. The molecule has 1 aromatic carbocycles. The highest BCUT2D eigenvalue weighted by Crippen LogP contribution is 2.51. The Kier molecular flexibility index (Phi) is 8.73. The lowest BCUT2D eigenvalue weighted by molar-refractivity contribution is -0.218. The standard InChI is InChI=1S/C28H30ClF3N4O3/c1-3-6-17(2)39-23-12-9-19(16-33-23)24-34-25(36-26(38)35-24)20-15-18(7-10-21(20)29)8-11-22(37)27(28(30,31)32)13-4-5-14-27/h7,9-10,12,15-17H,3-6,8,11,13-14H2,1-2H3,(H,34,35,36,38)/t17-/m1/s1. The first-order valence-electron chi connectivity index (χ1n) is 13.0. The SMILES string of the molecule is CCC[C@@H](C)Oc1ccc(-c2nc(-c3cc(CCC(=O)C4(C(F)(F)F)CCCC4)ccc3Cl)[nH]c(=O)n2)cn1. The number of ether oxygens (including phenoxy) is 1. The van der Waals surface area contributed by atoms with E-state index in [0.717, 1.165) is 12.8 Å². The number of benzene rings is 1. The number of rotatable bonds is 10. The van der Waals surface area contributed by atoms with E-state index in [4.69, 9.17) is 16.3 Å². The summed E-state index contributed by atoms with van der Waals surface area (Å²) < 4.78 is 47.0. The summed E-state index contributed by atoms with van der Waals surface area (Å²) >= 11 is 6.40. The first-order valence-corrected chi connectivity index (χ1v) is 13.4. The van der Waals surface area contributed by atoms with E-state index < -0.39 is 23.1 Å². The predicted octanol–water partition coefficient (Wildman–Crippen LogP) is 6.74. The number of halogens is 4. The zero-order valence-electron chi connectivity index (χ0n) is 21.8. The molecule has 2 heterocycles. The normalized spacial score (nSPS) is 15.7. The van der Waals surface area contributed by atoms with Gasteiger partial charge in [0.25, 0.3) is 0 Å². The van der Waals surface area contributed by atoms with E-state index in [1.54, 1.807) is 30.3 Å². The van der Waals surface area contributed by atoms with Gasteiger partial charge < -0.3 is 4.74 Å². The topological polar surface area (TPSA) is 97.8 Å². The molecular weight excluding hydrogens is 533 g/mol. The minimum Gasteiger partial charge on any atom is -0.475 e. The third-order valence-electron chi connectivity index (χ3n) is 7.12. The average Bonchev–Trinajstić information content (AvgIpc) is 3.40. The second kappa shape index (κ2) is 11.9. The third-order valence-corrected chi connectivity index (χ3v) is 7.45. The minimum absolute atomic E-state index is 0.0117. The van der Waals surface area contributed by atoms with Gasteiger partial charge in [-0.05, 0) is 56.4 Å². The van der Waals surface area contributed by atoms with E-state index in [9.17, 15) is 22.8 Å². The van der Waals surface area contributed by atoms with Crippen molar-refractivity contribution in [2.24, 2.45) is 5.41 Å². The van der Waals surface area contributed by atoms with Crippen molar-refractivity contribution >= 4 is 17.4 Å². The number of pyridine rings is 1. The van der Waals surface area contributed by atoms with Crippen LogP contribution in [0.1, 0.15) is 64.4 Å². The Morgan fingerprint density at radius 2 is 1.92 bits per heavy atom. The summed E-state index contributed by atoms with van der Waals surface area (Å²) in [6.45, 7) is 4.03. The van der Waals surface area contributed by atoms with Crippen LogP contribution in [-0.4, -0.2) is 38.0 Å². The molecule has 1 fully saturated rings. The zero-order chi connectivity index (χ0) is 28.2. The van der Waals surface area contributed by atoms with Gasteiger partial charge in [-0.1, -0.05) is 43.9 Å². The Balaban J connectivity index is 1.55. The number of nitrogens with one attached hydrogen (secondary N) is 1. The van der Waals surface area contributed by atoms with Crippen molar-refractivity contribution in [3.8, 4) is 28.7 Å². The Bertz CT molecular complexity index is 1370. The molecule has 0 saturated heterocycles. The molecular formula is C28H30ClF3N4O3. The van der Waals surface area contributed by atoms with Crippen molar-refractivity contribution < 1.29 is 22.7 Å². The summed E-state index contributed by atoms with van der Waals surface area (Å²) in [5, 5.41) is 0.278. The highest BCUT2D eigenvalue weighted by molar-refractivity contribution is 6.33. The van der Waals surface area contributed by atoms with Crippen molar-refractivity contribution in [1.82, 2.24) is 19.9 Å². The van der Waals surface area contributed by atoms with Crippen LogP contribution < -0.4 is 10.4 Å². The predicted molar refractivity (Wildman–Crippen MR) is 142 cm³/mol. The van der Waals surface area contributed by atoms with Gasteiger partial charge in [0, 0.05) is 29.8 Å². The largest absolute Gasteiger partial charge is 0.475 e. The van der Waals surface area contributed by atoms with E-state index >= 15 is 0 Å². The average molecular weight is 563 g/mol. The lowest BCUT2D eigenvalue weighted by atomic mass is 9.78. The molecule has 0 bridgehead atoms. The van der Waals surface area contributed by atoms with Crippen LogP contribution in [0.4, 0.5) is 13.2 Å². The molecule has 7 nitrogen and oxygen atoms in total. The quantitative estimate of drug-likeness (QED) is 0.294. The van der Waals surface area contributed by atoms with E-state index in [-0.39, 0.29) is 48.5 Å². The Morgan fingerprint density at radius 3 is 2.56 bits per heavy atom. The van der Waals surface area contributed by atoms with Crippen molar-refractivity contribution in [2.45, 2.75) is 77.5 Å². The van der Waals surface area contributed by atoms with Crippen LogP contribution in [0.2, 0.25) is 5.02 Å². The number of carbonyl (C=O) groups excluding carboxylic acids is 1. The molecule has 0 aliphatic heterocycles. The molecule has 1 aliphatic carbocycles. The molecule has 1 saturated carbocycles. The second-order valence-electron chi connectivity index (χ2n) is 9.95. The Labute approximate surface area is 229 Å². The maximum atomic E-state index is 13.8. The number of hydrogen-bond acceptors (Lipinski definition) is 6. The van der Waals surface area contributed by atoms with Crippen molar-refractivity contribution in [1.29, 1.82) is 0 Å². The maximum absolute atomic E-state index is 13.8. The van der Waals surface area contributed by atoms with Crippen molar-refractivity contribution in [3.05, 3.63) is 57.6 Å². The molecule has 3 aromatic rings. The monoisotopic (exact) mass is 562 g/mol. The number of H-pyrrole nitrogens is 1. The Hall–Kier alpha value is -3.27. The molecule has 39 heavy (non-hydrogen) atoms. The fourth-order valence-electron chi connectivity index (χ4n) is 5.00. The van der Waals surface area contributed by atoms with Crippen LogP contribution in [-0.2, 0) is 11.2 Å². The molecule has 1 atom stereocenters. The number of hydrogen-bond donors (Lipinski definition) is 1. The van der Waals surface area contributed by atoms with Crippen LogP contribution in [0, 0.1) is 5.41 Å². The van der Waals surface area contributed by atoms with Gasteiger partial charge in [-0.2, -0.15) is 18.2 Å². The van der Waals surface area contributed by atoms with Crippen LogP contribution >= 0.6 is 11.6 Å². The summed E-state index contributed by atoms with van der Waals surface area (Å²) in [6.07, 6.45) is -0.848. The first kappa shape index (κ1) is 28.7. The number of Topliss-reactive ketones (excluding diaryl/α,β-unsaturated/α-hetero) is 1. The number of alkyl halides is 3. The van der Waals surface area contributed by atoms with Gasteiger partial charge in [0.1, 0.15) is 17.0 Å². The molecule has 2 aromatic heterocycles. The number of aryl methyl sites for hydroxylation is 1. The lowest BCUT2D eigenvalue weighted by Crippen LogP contribution is -2.42. The molecule has 0 spiro atoms. The number of aromatic nitrogens is 4. The van der Waals surface area contributed by atoms with Crippen molar-refractivity contribution in [2.75, 3.05) is 0 Å². The van der Waals surface area contributed by atoms with Crippen LogP contribution in [0.3, 0.4) is 0 Å². The van der Waals surface area contributed by atoms with Gasteiger partial charge in [0.05, 0.1) is 11.1 Å². The first-order chi connectivity index (χ1) is 18.5. The van der Waals surface area contributed by atoms with Gasteiger partial charge in [-0.15, -0.1) is 0 Å². The number of nitrogens with zero attached hydrogens (tertiary/aromatic N) is 3. The second-order valence-corrected chi connectivity index (χ2v) is 10.4. The highest BCUT2D eigenvalue weighted by Gasteiger charge is 2.59. The molecule has 4 rings (SSSR count). The highest BCUT2D eigenvalue weighted by atomic mass is 35.5. The van der Waals surface area contributed by atoms with Crippen LogP contribution in [0.15, 0.2) is 41.3 Å². The summed E-state index contributed by atoms with van der Waals surface area (Å²) in [5.41, 5.74) is -1.45. The fourth-order valence-corrected chi connectivity index (χ4v) is 5.21. The summed E-state index contributed by atoms with van der Waals surface area (Å²) in [7, 11) is 0. The summed E-state index contributed by atoms with van der Waals surface area (Å²) in [5.74, 6) is -0.0762. The van der Waals surface area contributed by atoms with E-state index in [1.807, 2.05) is 6.92 Å². The third kappa shape index (κ3) is 6.49. The Morgan fingerprint density at radius 1 is 1.18 bits per heavy atom. The molecule has 1 aliphatic rings. The molecule has 0 unspecified atom stereocenters. The van der Waals surface area contributed by atoms with Gasteiger partial charge in [0.15, 0.2) is 5.82 Å².